The molecule has 3 atom stereocenters. The Kier molecular flexibility index (Phi) is 4.33. The van der Waals surface area contributed by atoms with Crippen LogP contribution in [-0.4, -0.2) is 36.0 Å². The normalized spacial score (nSPS) is 19.4. The van der Waals surface area contributed by atoms with Crippen LogP contribution in [0.4, 0.5) is 0 Å². The molecule has 1 saturated carbocycles. The number of amides is 1. The summed E-state index contributed by atoms with van der Waals surface area (Å²) in [6.45, 7) is 3.87. The number of aromatic amines is 2. The zero-order valence-electron chi connectivity index (χ0n) is 19.6. The number of carbonyl (C=O) groups is 1. The molecule has 5 aromatic rings. The summed E-state index contributed by atoms with van der Waals surface area (Å²) in [6.07, 6.45) is 9.12. The molecule has 0 aliphatic heterocycles. The molecule has 2 aliphatic carbocycles. The van der Waals surface area contributed by atoms with Crippen molar-refractivity contribution in [1.29, 1.82) is 0 Å². The number of hydrogen-bond acceptors (Lipinski definition) is 5. The number of carbonyl (C=O) groups excluding carboxylic acids is 1. The number of nitrogens with one attached hydrogen (secondary N) is 3. The number of rotatable bonds is 4. The van der Waals surface area contributed by atoms with E-state index in [9.17, 15) is 4.79 Å². The molecule has 1 aromatic carbocycles. The average molecular weight is 464 g/mol. The molecular weight excluding hydrogens is 438 g/mol. The highest BCUT2D eigenvalue weighted by Crippen LogP contribution is 2.57. The van der Waals surface area contributed by atoms with Crippen molar-refractivity contribution in [2.75, 3.05) is 0 Å². The zero-order valence-corrected chi connectivity index (χ0v) is 19.6. The molecule has 0 spiro atoms. The summed E-state index contributed by atoms with van der Waals surface area (Å²) >= 11 is 0. The second kappa shape index (κ2) is 7.46. The van der Waals surface area contributed by atoms with Gasteiger partial charge in [-0.2, -0.15) is 5.10 Å². The predicted molar refractivity (Wildman–Crippen MR) is 133 cm³/mol. The second-order valence-corrected chi connectivity index (χ2v) is 9.87. The van der Waals surface area contributed by atoms with Crippen LogP contribution in [-0.2, 0) is 0 Å². The summed E-state index contributed by atoms with van der Waals surface area (Å²) in [5.41, 5.74) is 8.17. The topological polar surface area (TPSA) is 112 Å². The minimum atomic E-state index is -0.205. The zero-order chi connectivity index (χ0) is 23.7. The lowest BCUT2D eigenvalue weighted by Crippen LogP contribution is -2.27. The summed E-state index contributed by atoms with van der Waals surface area (Å²) in [6, 6.07) is 7.59. The van der Waals surface area contributed by atoms with Gasteiger partial charge in [0.2, 0.25) is 0 Å². The number of hydrogen-bond donors (Lipinski definition) is 3. The standard InChI is InChI=1S/C27H25N7O/c1-13-10-28-25(31-13)14(2)32-27(35)16-5-3-15(4-6-16)24-22-18-8-7-17(9-18)21(22)23-19-11-30-34-26(19)29-12-20(23)33-24/h3-6,10-12,14,17-18H,7-9H2,1-2H3,(H,28,31)(H,32,35)(H,29,30,34). The Morgan fingerprint density at radius 1 is 1.06 bits per heavy atom. The van der Waals surface area contributed by atoms with Crippen LogP contribution in [0, 0.1) is 6.92 Å². The molecule has 8 nitrogen and oxygen atoms in total. The van der Waals surface area contributed by atoms with Crippen LogP contribution in [0.1, 0.15) is 77.1 Å². The Bertz CT molecular complexity index is 1610. The molecule has 0 radical (unpaired) electrons. The van der Waals surface area contributed by atoms with Crippen LogP contribution in [0.3, 0.4) is 0 Å². The third kappa shape index (κ3) is 3.09. The number of fused-ring (bicyclic) bond motifs is 9. The molecule has 0 saturated heterocycles. The Labute approximate surface area is 201 Å². The van der Waals surface area contributed by atoms with Crippen molar-refractivity contribution in [2.45, 2.75) is 51.0 Å². The largest absolute Gasteiger partial charge is 0.344 e. The Balaban J connectivity index is 1.27. The summed E-state index contributed by atoms with van der Waals surface area (Å²) in [5, 5.41) is 12.5. The fourth-order valence-electron chi connectivity index (χ4n) is 6.04. The highest BCUT2D eigenvalue weighted by Gasteiger charge is 2.41. The van der Waals surface area contributed by atoms with Gasteiger partial charge in [-0.25, -0.2) is 15.0 Å². The van der Waals surface area contributed by atoms with E-state index in [1.807, 2.05) is 50.5 Å². The third-order valence-corrected chi connectivity index (χ3v) is 7.66. The summed E-state index contributed by atoms with van der Waals surface area (Å²) in [7, 11) is 0. The fourth-order valence-corrected chi connectivity index (χ4v) is 6.04. The van der Waals surface area contributed by atoms with E-state index in [0.29, 0.717) is 17.4 Å². The molecule has 35 heavy (non-hydrogen) atoms. The van der Waals surface area contributed by atoms with Crippen molar-refractivity contribution in [2.24, 2.45) is 0 Å². The molecule has 174 valence electrons. The molecule has 4 heterocycles. The van der Waals surface area contributed by atoms with Gasteiger partial charge < -0.3 is 10.3 Å². The van der Waals surface area contributed by atoms with Gasteiger partial charge >= 0.3 is 0 Å². The van der Waals surface area contributed by atoms with Crippen LogP contribution in [0.2, 0.25) is 0 Å². The van der Waals surface area contributed by atoms with Gasteiger partial charge in [-0.1, -0.05) is 12.1 Å². The number of H-pyrrole nitrogens is 2. The molecule has 3 unspecified atom stereocenters. The number of pyridine rings is 2. The van der Waals surface area contributed by atoms with Gasteiger partial charge in [-0.15, -0.1) is 0 Å². The maximum atomic E-state index is 12.9. The van der Waals surface area contributed by atoms with E-state index in [-0.39, 0.29) is 11.9 Å². The van der Waals surface area contributed by atoms with Crippen molar-refractivity contribution in [3.63, 3.8) is 0 Å². The number of imidazole rings is 1. The smallest absolute Gasteiger partial charge is 0.251 e. The minimum absolute atomic E-state index is 0.125. The summed E-state index contributed by atoms with van der Waals surface area (Å²) < 4.78 is 0. The lowest BCUT2D eigenvalue weighted by Gasteiger charge is -2.21. The third-order valence-electron chi connectivity index (χ3n) is 7.66. The van der Waals surface area contributed by atoms with E-state index < -0.39 is 0 Å². The van der Waals surface area contributed by atoms with E-state index in [0.717, 1.165) is 39.3 Å². The first-order valence-corrected chi connectivity index (χ1v) is 12.1. The van der Waals surface area contributed by atoms with Crippen LogP contribution in [0.5, 0.6) is 0 Å². The van der Waals surface area contributed by atoms with Crippen molar-refractivity contribution >= 4 is 27.8 Å². The van der Waals surface area contributed by atoms with E-state index >= 15 is 0 Å². The SMILES string of the molecule is Cc1cnc(C(C)NC(=O)c2ccc(-c3nc4cnc5[nH]ncc5c4c4c3C3CCC4C3)cc2)[nH]1. The number of aromatic nitrogens is 6. The minimum Gasteiger partial charge on any atom is -0.344 e. The quantitative estimate of drug-likeness (QED) is 0.345. The van der Waals surface area contributed by atoms with Gasteiger partial charge in [0, 0.05) is 33.8 Å². The molecule has 2 aliphatic rings. The monoisotopic (exact) mass is 463 g/mol. The molecule has 1 fully saturated rings. The molecule has 3 N–H and O–H groups in total. The van der Waals surface area contributed by atoms with E-state index in [1.54, 1.807) is 6.20 Å². The number of benzene rings is 1. The fraction of sp³-hybridized carbons (Fsp3) is 0.296. The van der Waals surface area contributed by atoms with Gasteiger partial charge in [0.05, 0.1) is 29.6 Å². The first-order chi connectivity index (χ1) is 17.1. The summed E-state index contributed by atoms with van der Waals surface area (Å²) in [5.74, 6) is 1.73. The highest BCUT2D eigenvalue weighted by molar-refractivity contribution is 6.06. The maximum absolute atomic E-state index is 12.9. The Hall–Kier alpha value is -4.07. The van der Waals surface area contributed by atoms with Crippen LogP contribution in [0.15, 0.2) is 42.9 Å². The van der Waals surface area contributed by atoms with E-state index in [1.165, 1.54) is 35.8 Å². The number of aryl methyl sites for hydroxylation is 1. The Morgan fingerprint density at radius 3 is 2.63 bits per heavy atom. The van der Waals surface area contributed by atoms with Crippen LogP contribution >= 0.6 is 0 Å². The molecular formula is C27H25N7O. The van der Waals surface area contributed by atoms with Crippen molar-refractivity contribution < 1.29 is 4.79 Å². The van der Waals surface area contributed by atoms with Crippen molar-refractivity contribution in [3.05, 3.63) is 71.1 Å². The van der Waals surface area contributed by atoms with Gasteiger partial charge in [-0.3, -0.25) is 9.89 Å². The lowest BCUT2D eigenvalue weighted by molar-refractivity contribution is 0.0938. The number of nitrogens with zero attached hydrogens (tertiary/aromatic N) is 4. The lowest BCUT2D eigenvalue weighted by atomic mass is 9.86. The predicted octanol–water partition coefficient (Wildman–Crippen LogP) is 5.06. The van der Waals surface area contributed by atoms with Gasteiger partial charge in [0.15, 0.2) is 5.65 Å². The van der Waals surface area contributed by atoms with Crippen molar-refractivity contribution in [3.8, 4) is 11.3 Å². The summed E-state index contributed by atoms with van der Waals surface area (Å²) in [4.78, 5) is 30.0. The molecule has 2 bridgehead atoms. The highest BCUT2D eigenvalue weighted by atomic mass is 16.1. The van der Waals surface area contributed by atoms with Crippen LogP contribution < -0.4 is 5.32 Å². The van der Waals surface area contributed by atoms with Gasteiger partial charge in [0.25, 0.3) is 5.91 Å². The van der Waals surface area contributed by atoms with Gasteiger partial charge in [-0.05, 0) is 68.2 Å². The maximum Gasteiger partial charge on any atom is 0.251 e. The van der Waals surface area contributed by atoms with E-state index in [2.05, 4.69) is 30.5 Å². The Morgan fingerprint density at radius 2 is 1.86 bits per heavy atom. The average Bonchev–Trinajstić information content (AvgIpc) is 3.67. The van der Waals surface area contributed by atoms with Crippen molar-refractivity contribution in [1.82, 2.24) is 35.5 Å². The van der Waals surface area contributed by atoms with E-state index in [4.69, 9.17) is 4.98 Å². The molecule has 1 amide bonds. The first-order valence-electron chi connectivity index (χ1n) is 12.1. The first kappa shape index (κ1) is 20.3. The molecule has 4 aromatic heterocycles. The molecule has 8 heteroatoms. The second-order valence-electron chi connectivity index (χ2n) is 9.87. The van der Waals surface area contributed by atoms with Crippen LogP contribution in [0.25, 0.3) is 33.2 Å². The molecule has 7 rings (SSSR count). The van der Waals surface area contributed by atoms with Gasteiger partial charge in [0.1, 0.15) is 5.82 Å².